The lowest BCUT2D eigenvalue weighted by molar-refractivity contribution is -0.143. The number of halogens is 1. The van der Waals surface area contributed by atoms with E-state index in [9.17, 15) is 9.90 Å². The van der Waals surface area contributed by atoms with E-state index in [-0.39, 0.29) is 19.0 Å². The van der Waals surface area contributed by atoms with Gasteiger partial charge in [-0.05, 0) is 30.2 Å². The van der Waals surface area contributed by atoms with Crippen molar-refractivity contribution < 1.29 is 14.6 Å². The molecule has 0 radical (unpaired) electrons. The molecule has 1 atom stereocenters. The second kappa shape index (κ2) is 7.07. The first-order chi connectivity index (χ1) is 9.30. The third-order valence-electron chi connectivity index (χ3n) is 3.22. The number of esters is 1. The van der Waals surface area contributed by atoms with Crippen molar-refractivity contribution in [2.75, 3.05) is 13.2 Å². The van der Waals surface area contributed by atoms with Gasteiger partial charge < -0.3 is 15.6 Å². The Labute approximate surface area is 124 Å². The highest BCUT2D eigenvalue weighted by Crippen LogP contribution is 2.29. The first-order valence-electron chi connectivity index (χ1n) is 6.63. The van der Waals surface area contributed by atoms with E-state index in [0.717, 1.165) is 11.1 Å². The van der Waals surface area contributed by atoms with Crippen LogP contribution < -0.4 is 5.73 Å². The molecule has 0 heterocycles. The predicted molar refractivity (Wildman–Crippen MR) is 79.7 cm³/mol. The summed E-state index contributed by atoms with van der Waals surface area (Å²) in [6, 6.07) is 4.95. The van der Waals surface area contributed by atoms with Gasteiger partial charge in [-0.25, -0.2) is 0 Å². The Morgan fingerprint density at radius 1 is 1.45 bits per heavy atom. The van der Waals surface area contributed by atoms with Gasteiger partial charge in [0.05, 0.1) is 19.6 Å². The van der Waals surface area contributed by atoms with Crippen LogP contribution in [0.25, 0.3) is 0 Å². The zero-order valence-corrected chi connectivity index (χ0v) is 12.9. The van der Waals surface area contributed by atoms with E-state index >= 15 is 0 Å². The van der Waals surface area contributed by atoms with Crippen molar-refractivity contribution >= 4 is 17.6 Å². The Kier molecular flexibility index (Phi) is 5.99. The maximum atomic E-state index is 11.5. The first-order valence-corrected chi connectivity index (χ1v) is 7.01. The lowest BCUT2D eigenvalue weighted by Gasteiger charge is -2.24. The van der Waals surface area contributed by atoms with Gasteiger partial charge in [0.1, 0.15) is 0 Å². The highest BCUT2D eigenvalue weighted by Gasteiger charge is 2.22. The number of carbonyl (C=O) groups excluding carboxylic acids is 1. The smallest absolute Gasteiger partial charge is 0.307 e. The lowest BCUT2D eigenvalue weighted by Crippen LogP contribution is -2.23. The van der Waals surface area contributed by atoms with Gasteiger partial charge >= 0.3 is 5.97 Å². The van der Waals surface area contributed by atoms with Crippen LogP contribution in [0.5, 0.6) is 0 Å². The molecular formula is C15H22ClNO3. The minimum Gasteiger partial charge on any atom is -0.466 e. The maximum absolute atomic E-state index is 11.5. The molecule has 20 heavy (non-hydrogen) atoms. The van der Waals surface area contributed by atoms with E-state index in [1.807, 2.05) is 19.9 Å². The molecule has 3 N–H and O–H groups in total. The van der Waals surface area contributed by atoms with Crippen LogP contribution in [0.2, 0.25) is 5.02 Å². The van der Waals surface area contributed by atoms with Crippen molar-refractivity contribution in [3.8, 4) is 0 Å². The second-order valence-electron chi connectivity index (χ2n) is 5.43. The number of carbonyl (C=O) groups is 1. The van der Waals surface area contributed by atoms with Crippen LogP contribution in [-0.4, -0.2) is 24.3 Å². The number of nitrogens with two attached hydrogens (primary N) is 1. The quantitative estimate of drug-likeness (QED) is 0.792. The zero-order valence-electron chi connectivity index (χ0n) is 12.1. The minimum absolute atomic E-state index is 0.000102. The Hall–Kier alpha value is -1.10. The lowest BCUT2D eigenvalue weighted by atomic mass is 9.84. The molecule has 0 bridgehead atoms. The van der Waals surface area contributed by atoms with Crippen LogP contribution in [-0.2, 0) is 14.9 Å². The Morgan fingerprint density at radius 2 is 2.10 bits per heavy atom. The fourth-order valence-electron chi connectivity index (χ4n) is 1.83. The Morgan fingerprint density at radius 3 is 2.65 bits per heavy atom. The van der Waals surface area contributed by atoms with Crippen molar-refractivity contribution in [1.29, 1.82) is 0 Å². The van der Waals surface area contributed by atoms with Crippen molar-refractivity contribution in [3.63, 3.8) is 0 Å². The molecule has 112 valence electrons. The molecule has 0 unspecified atom stereocenters. The van der Waals surface area contributed by atoms with Crippen molar-refractivity contribution in [2.24, 2.45) is 5.73 Å². The summed E-state index contributed by atoms with van der Waals surface area (Å²) in [5, 5.41) is 9.97. The monoisotopic (exact) mass is 299 g/mol. The average Bonchev–Trinajstić information content (AvgIpc) is 2.38. The fraction of sp³-hybridized carbons (Fsp3) is 0.533. The molecule has 1 aromatic rings. The normalized spacial score (nSPS) is 13.1. The molecule has 5 heteroatoms. The summed E-state index contributed by atoms with van der Waals surface area (Å²) in [5.74, 6) is -0.331. The SMILES string of the molecule is CCOC(=O)C[C@H](N)c1cc(Cl)cc(C(C)(C)CO)c1. The molecule has 0 spiro atoms. The highest BCUT2D eigenvalue weighted by atomic mass is 35.5. The molecular weight excluding hydrogens is 278 g/mol. The minimum atomic E-state index is -0.471. The van der Waals surface area contributed by atoms with Crippen LogP contribution in [0.1, 0.15) is 44.4 Å². The van der Waals surface area contributed by atoms with Crippen molar-refractivity contribution in [3.05, 3.63) is 34.3 Å². The maximum Gasteiger partial charge on any atom is 0.307 e. The van der Waals surface area contributed by atoms with Gasteiger partial charge in [0, 0.05) is 16.5 Å². The van der Waals surface area contributed by atoms with E-state index in [1.54, 1.807) is 19.1 Å². The second-order valence-corrected chi connectivity index (χ2v) is 5.87. The van der Waals surface area contributed by atoms with Crippen LogP contribution in [0.4, 0.5) is 0 Å². The summed E-state index contributed by atoms with van der Waals surface area (Å²) in [6.07, 6.45) is 0.104. The summed E-state index contributed by atoms with van der Waals surface area (Å²) in [5.41, 5.74) is 7.27. The molecule has 0 fully saturated rings. The standard InChI is InChI=1S/C15H22ClNO3/c1-4-20-14(19)8-13(17)10-5-11(7-12(16)6-10)15(2,3)9-18/h5-7,13,18H,4,8-9,17H2,1-3H3/t13-/m0/s1. The topological polar surface area (TPSA) is 72.5 Å². The Balaban J connectivity index is 2.98. The molecule has 0 saturated heterocycles. The molecule has 0 aliphatic heterocycles. The van der Waals surface area contributed by atoms with Gasteiger partial charge in [-0.3, -0.25) is 4.79 Å². The predicted octanol–water partition coefficient (Wildman–Crippen LogP) is 2.56. The van der Waals surface area contributed by atoms with E-state index in [0.29, 0.717) is 11.6 Å². The summed E-state index contributed by atoms with van der Waals surface area (Å²) < 4.78 is 4.89. The number of benzene rings is 1. The summed E-state index contributed by atoms with van der Waals surface area (Å²) in [4.78, 5) is 11.5. The Bertz CT molecular complexity index is 474. The number of aliphatic hydroxyl groups is 1. The van der Waals surface area contributed by atoms with Gasteiger partial charge in [-0.15, -0.1) is 0 Å². The summed E-state index contributed by atoms with van der Waals surface area (Å²) in [7, 11) is 0. The molecule has 0 aromatic heterocycles. The summed E-state index contributed by atoms with van der Waals surface area (Å²) >= 11 is 6.10. The van der Waals surface area contributed by atoms with Crippen molar-refractivity contribution in [1.82, 2.24) is 0 Å². The van der Waals surface area contributed by atoms with Crippen LogP contribution >= 0.6 is 11.6 Å². The van der Waals surface area contributed by atoms with E-state index in [4.69, 9.17) is 22.1 Å². The van der Waals surface area contributed by atoms with Gasteiger partial charge in [-0.2, -0.15) is 0 Å². The molecule has 0 aliphatic carbocycles. The average molecular weight is 300 g/mol. The van der Waals surface area contributed by atoms with Gasteiger partial charge in [0.25, 0.3) is 0 Å². The van der Waals surface area contributed by atoms with Gasteiger partial charge in [0.15, 0.2) is 0 Å². The largest absolute Gasteiger partial charge is 0.466 e. The number of rotatable bonds is 6. The molecule has 1 aromatic carbocycles. The highest BCUT2D eigenvalue weighted by molar-refractivity contribution is 6.30. The molecule has 0 saturated carbocycles. The van der Waals surface area contributed by atoms with Crippen LogP contribution in [0, 0.1) is 0 Å². The number of hydrogen-bond donors (Lipinski definition) is 2. The molecule has 0 amide bonds. The fourth-order valence-corrected chi connectivity index (χ4v) is 2.07. The van der Waals surface area contributed by atoms with E-state index in [1.165, 1.54) is 0 Å². The van der Waals surface area contributed by atoms with Gasteiger partial charge in [-0.1, -0.05) is 31.5 Å². The number of ether oxygens (including phenoxy) is 1. The van der Waals surface area contributed by atoms with Crippen LogP contribution in [0.15, 0.2) is 18.2 Å². The van der Waals surface area contributed by atoms with Crippen LogP contribution in [0.3, 0.4) is 0 Å². The number of aliphatic hydroxyl groups excluding tert-OH is 1. The molecule has 0 aliphatic rings. The third-order valence-corrected chi connectivity index (χ3v) is 3.44. The van der Waals surface area contributed by atoms with E-state index < -0.39 is 11.5 Å². The molecule has 4 nitrogen and oxygen atoms in total. The zero-order chi connectivity index (χ0) is 15.3. The molecule has 1 rings (SSSR count). The number of hydrogen-bond acceptors (Lipinski definition) is 4. The van der Waals surface area contributed by atoms with Gasteiger partial charge in [0.2, 0.25) is 0 Å². The third kappa shape index (κ3) is 4.47. The van der Waals surface area contributed by atoms with E-state index in [2.05, 4.69) is 0 Å². The first kappa shape index (κ1) is 17.0. The summed E-state index contributed by atoms with van der Waals surface area (Å²) in [6.45, 7) is 5.92. The van der Waals surface area contributed by atoms with Crippen molar-refractivity contribution in [2.45, 2.75) is 38.6 Å².